The Morgan fingerprint density at radius 2 is 2.05 bits per heavy atom. The highest BCUT2D eigenvalue weighted by atomic mass is 19.1. The maximum Gasteiger partial charge on any atom is 0.404 e. The molecule has 0 saturated carbocycles. The van der Waals surface area contributed by atoms with Crippen molar-refractivity contribution < 1.29 is 19.1 Å². The third kappa shape index (κ3) is 2.62. The summed E-state index contributed by atoms with van der Waals surface area (Å²) in [6.07, 6.45) is -1.15. The molecule has 8 heteroatoms. The molecule has 0 bridgehead atoms. The number of carboxylic acid groups (broad SMARTS) is 1. The van der Waals surface area contributed by atoms with Crippen molar-refractivity contribution in [1.82, 2.24) is 15.1 Å². The highest BCUT2D eigenvalue weighted by Gasteiger charge is 2.27. The molecule has 0 radical (unpaired) electrons. The van der Waals surface area contributed by atoms with E-state index in [2.05, 4.69) is 10.4 Å². The molecule has 1 aromatic carbocycles. The Balaban J connectivity index is 1.82. The number of nitrogens with zero attached hydrogens (tertiary/aromatic N) is 3. The van der Waals surface area contributed by atoms with Gasteiger partial charge in [-0.15, -0.1) is 0 Å². The lowest BCUT2D eigenvalue weighted by molar-refractivity contribution is 0.0962. The molecule has 0 unspecified atom stereocenters. The monoisotopic (exact) mass is 304 g/mol. The molecule has 1 aliphatic heterocycles. The smallest absolute Gasteiger partial charge is 0.404 e. The van der Waals surface area contributed by atoms with Gasteiger partial charge in [0.05, 0.1) is 18.8 Å². The Hall–Kier alpha value is -2.90. The molecule has 3 rings (SSSR count). The Bertz CT molecular complexity index is 726. The van der Waals surface area contributed by atoms with Gasteiger partial charge in [0, 0.05) is 12.2 Å². The summed E-state index contributed by atoms with van der Waals surface area (Å²) in [4.78, 5) is 24.5. The minimum atomic E-state index is -1.15. The molecule has 2 amide bonds. The van der Waals surface area contributed by atoms with Gasteiger partial charge >= 0.3 is 6.09 Å². The lowest BCUT2D eigenvalue weighted by atomic mass is 10.2. The van der Waals surface area contributed by atoms with E-state index in [-0.39, 0.29) is 18.3 Å². The summed E-state index contributed by atoms with van der Waals surface area (Å²) in [5, 5.41) is 15.0. The number of hydrogen-bond donors (Lipinski definition) is 2. The zero-order chi connectivity index (χ0) is 15.7. The average molecular weight is 304 g/mol. The summed E-state index contributed by atoms with van der Waals surface area (Å²) in [6.45, 7) is 0.954. The number of benzene rings is 1. The van der Waals surface area contributed by atoms with Crippen molar-refractivity contribution in [3.8, 4) is 0 Å². The number of hydrogen-bond acceptors (Lipinski definition) is 3. The molecular weight excluding hydrogens is 291 g/mol. The summed E-state index contributed by atoms with van der Waals surface area (Å²) < 4.78 is 14.5. The van der Waals surface area contributed by atoms with Gasteiger partial charge in [0.25, 0.3) is 5.91 Å². The number of rotatable bonds is 3. The van der Waals surface area contributed by atoms with Crippen LogP contribution < -0.4 is 10.2 Å². The first-order valence-electron chi connectivity index (χ1n) is 6.65. The van der Waals surface area contributed by atoms with Crippen LogP contribution in [-0.4, -0.2) is 33.4 Å². The Kier molecular flexibility index (Phi) is 3.50. The van der Waals surface area contributed by atoms with E-state index in [1.54, 1.807) is 27.8 Å². The van der Waals surface area contributed by atoms with Crippen molar-refractivity contribution in [3.05, 3.63) is 47.5 Å². The lowest BCUT2D eigenvalue weighted by Crippen LogP contribution is -2.40. The van der Waals surface area contributed by atoms with Crippen LogP contribution in [0, 0.1) is 5.82 Å². The number of carbonyl (C=O) groups excluding carboxylic acids is 1. The normalized spacial score (nSPS) is 13.9. The molecule has 1 aliphatic rings. The van der Waals surface area contributed by atoms with Gasteiger partial charge in [0.1, 0.15) is 11.5 Å². The minimum absolute atomic E-state index is 0.0408. The average Bonchev–Trinajstić information content (AvgIpc) is 2.91. The Morgan fingerprint density at radius 3 is 2.73 bits per heavy atom. The fourth-order valence-corrected chi connectivity index (χ4v) is 2.37. The molecule has 114 valence electrons. The van der Waals surface area contributed by atoms with Crippen LogP contribution >= 0.6 is 0 Å². The molecule has 0 saturated heterocycles. The van der Waals surface area contributed by atoms with Gasteiger partial charge in [-0.1, -0.05) is 0 Å². The van der Waals surface area contributed by atoms with E-state index in [0.29, 0.717) is 30.2 Å². The van der Waals surface area contributed by atoms with Crippen molar-refractivity contribution in [2.45, 2.75) is 13.1 Å². The molecule has 1 aromatic heterocycles. The Labute approximate surface area is 125 Å². The largest absolute Gasteiger partial charge is 0.465 e. The topological polar surface area (TPSA) is 87.5 Å². The summed E-state index contributed by atoms with van der Waals surface area (Å²) in [5.41, 5.74) is 1.48. The van der Waals surface area contributed by atoms with Crippen LogP contribution in [0.4, 0.5) is 14.9 Å². The number of halogens is 1. The maximum absolute atomic E-state index is 13.0. The second-order valence-electron chi connectivity index (χ2n) is 4.84. The number of nitrogens with one attached hydrogen (secondary N) is 1. The molecule has 0 spiro atoms. The van der Waals surface area contributed by atoms with Crippen LogP contribution in [0.15, 0.2) is 30.3 Å². The molecule has 0 aliphatic carbocycles. The Morgan fingerprint density at radius 1 is 1.32 bits per heavy atom. The van der Waals surface area contributed by atoms with Crippen LogP contribution in [0.3, 0.4) is 0 Å². The third-order valence-electron chi connectivity index (χ3n) is 3.39. The van der Waals surface area contributed by atoms with Gasteiger partial charge in [-0.25, -0.2) is 9.18 Å². The van der Waals surface area contributed by atoms with Crippen molar-refractivity contribution >= 4 is 17.7 Å². The van der Waals surface area contributed by atoms with E-state index in [4.69, 9.17) is 5.11 Å². The highest BCUT2D eigenvalue weighted by molar-refractivity contribution is 6.05. The van der Waals surface area contributed by atoms with E-state index >= 15 is 0 Å². The summed E-state index contributed by atoms with van der Waals surface area (Å²) in [6, 6.07) is 7.26. The second-order valence-corrected chi connectivity index (χ2v) is 4.84. The number of fused-ring (bicyclic) bond motifs is 1. The van der Waals surface area contributed by atoms with E-state index in [9.17, 15) is 14.0 Å². The predicted molar refractivity (Wildman–Crippen MR) is 75.2 cm³/mol. The predicted octanol–water partition coefficient (Wildman–Crippen LogP) is 1.45. The van der Waals surface area contributed by atoms with Crippen LogP contribution in [0.5, 0.6) is 0 Å². The molecule has 7 nitrogen and oxygen atoms in total. The minimum Gasteiger partial charge on any atom is -0.465 e. The van der Waals surface area contributed by atoms with Gasteiger partial charge in [-0.05, 0) is 30.3 Å². The summed E-state index contributed by atoms with van der Waals surface area (Å²) >= 11 is 0. The molecule has 0 fully saturated rings. The standard InChI is InChI=1S/C14H13FN4O3/c15-9-1-3-11(4-2-9)18-5-6-19-12(13(18)20)7-10(17-19)8-16-14(21)22/h1-4,7,16H,5-6,8H2,(H,21,22). The first-order chi connectivity index (χ1) is 10.5. The quantitative estimate of drug-likeness (QED) is 0.898. The second kappa shape index (κ2) is 5.47. The van der Waals surface area contributed by atoms with Gasteiger partial charge < -0.3 is 15.3 Å². The zero-order valence-electron chi connectivity index (χ0n) is 11.5. The van der Waals surface area contributed by atoms with E-state index in [0.717, 1.165) is 0 Å². The zero-order valence-corrected chi connectivity index (χ0v) is 11.5. The first kappa shape index (κ1) is 14.1. The van der Waals surface area contributed by atoms with Gasteiger partial charge in [-0.2, -0.15) is 5.10 Å². The van der Waals surface area contributed by atoms with Crippen LogP contribution in [0.1, 0.15) is 16.2 Å². The molecule has 0 atom stereocenters. The number of amides is 2. The van der Waals surface area contributed by atoms with Crippen molar-refractivity contribution in [2.24, 2.45) is 0 Å². The molecule has 2 heterocycles. The SMILES string of the molecule is O=C(O)NCc1cc2n(n1)CCN(c1ccc(F)cc1)C2=O. The van der Waals surface area contributed by atoms with Crippen molar-refractivity contribution in [2.75, 3.05) is 11.4 Å². The molecule has 2 N–H and O–H groups in total. The van der Waals surface area contributed by atoms with E-state index < -0.39 is 6.09 Å². The summed E-state index contributed by atoms with van der Waals surface area (Å²) in [7, 11) is 0. The van der Waals surface area contributed by atoms with Gasteiger partial charge in [0.2, 0.25) is 0 Å². The van der Waals surface area contributed by atoms with Crippen molar-refractivity contribution in [3.63, 3.8) is 0 Å². The third-order valence-corrected chi connectivity index (χ3v) is 3.39. The van der Waals surface area contributed by atoms with Crippen LogP contribution in [0.25, 0.3) is 0 Å². The van der Waals surface area contributed by atoms with E-state index in [1.807, 2.05) is 0 Å². The first-order valence-corrected chi connectivity index (χ1v) is 6.65. The number of carbonyl (C=O) groups is 2. The van der Waals surface area contributed by atoms with E-state index in [1.165, 1.54) is 12.1 Å². The fraction of sp³-hybridized carbons (Fsp3) is 0.214. The highest BCUT2D eigenvalue weighted by Crippen LogP contribution is 2.21. The molecule has 22 heavy (non-hydrogen) atoms. The molecule has 2 aromatic rings. The van der Waals surface area contributed by atoms with Crippen LogP contribution in [-0.2, 0) is 13.1 Å². The van der Waals surface area contributed by atoms with Crippen molar-refractivity contribution in [1.29, 1.82) is 0 Å². The summed E-state index contributed by atoms with van der Waals surface area (Å²) in [5.74, 6) is -0.604. The number of aromatic nitrogens is 2. The van der Waals surface area contributed by atoms with Crippen LogP contribution in [0.2, 0.25) is 0 Å². The molecular formula is C14H13FN4O3. The van der Waals surface area contributed by atoms with Gasteiger partial charge in [-0.3, -0.25) is 9.48 Å². The fourth-order valence-electron chi connectivity index (χ4n) is 2.37. The van der Waals surface area contributed by atoms with Gasteiger partial charge in [0.15, 0.2) is 0 Å². The maximum atomic E-state index is 13.0. The lowest BCUT2D eigenvalue weighted by Gasteiger charge is -2.27. The number of anilines is 1.